The number of aromatic hydroxyl groups is 1. The van der Waals surface area contributed by atoms with Gasteiger partial charge in [0.2, 0.25) is 0 Å². The predicted molar refractivity (Wildman–Crippen MR) is 129 cm³/mol. The highest BCUT2D eigenvalue weighted by molar-refractivity contribution is 7.99. The maximum atomic E-state index is 13.6. The number of pyridine rings is 1. The Bertz CT molecular complexity index is 1610. The third-order valence-corrected chi connectivity index (χ3v) is 6.46. The molecule has 0 aliphatic carbocycles. The van der Waals surface area contributed by atoms with Crippen LogP contribution in [0.25, 0.3) is 21.9 Å². The third-order valence-electron chi connectivity index (χ3n) is 5.40. The Morgan fingerprint density at radius 2 is 1.73 bits per heavy atom. The number of ether oxygens (including phenoxy) is 1. The van der Waals surface area contributed by atoms with Crippen LogP contribution >= 0.6 is 11.8 Å². The molecular formula is C26H19NO5S. The summed E-state index contributed by atoms with van der Waals surface area (Å²) in [6.07, 6.45) is 0. The van der Waals surface area contributed by atoms with E-state index in [9.17, 15) is 14.7 Å². The van der Waals surface area contributed by atoms with Gasteiger partial charge in [0.05, 0.1) is 19.2 Å². The van der Waals surface area contributed by atoms with Gasteiger partial charge in [0.25, 0.3) is 5.56 Å². The molecule has 0 saturated carbocycles. The number of fused-ring (bicyclic) bond motifs is 3. The van der Waals surface area contributed by atoms with E-state index in [-0.39, 0.29) is 21.6 Å². The predicted octanol–water partition coefficient (Wildman–Crippen LogP) is 5.02. The molecule has 2 aromatic heterocycles. The second-order valence-corrected chi connectivity index (χ2v) is 8.53. The number of hydrogen-bond donors (Lipinski definition) is 1. The van der Waals surface area contributed by atoms with Crippen LogP contribution < -0.4 is 15.9 Å². The van der Waals surface area contributed by atoms with Crippen LogP contribution in [0.15, 0.2) is 103 Å². The van der Waals surface area contributed by atoms with E-state index in [2.05, 4.69) is 0 Å². The van der Waals surface area contributed by atoms with Gasteiger partial charge in [-0.05, 0) is 35.9 Å². The Morgan fingerprint density at radius 3 is 2.52 bits per heavy atom. The molecule has 2 heterocycles. The van der Waals surface area contributed by atoms with E-state index in [1.54, 1.807) is 54.1 Å². The van der Waals surface area contributed by atoms with E-state index in [0.717, 1.165) is 17.3 Å². The van der Waals surface area contributed by atoms with Crippen LogP contribution in [0.3, 0.4) is 0 Å². The fourth-order valence-corrected chi connectivity index (χ4v) is 4.72. The Balaban J connectivity index is 1.76. The zero-order valence-electron chi connectivity index (χ0n) is 17.6. The first-order valence-electron chi connectivity index (χ1n) is 10.2. The quantitative estimate of drug-likeness (QED) is 0.373. The Hall–Kier alpha value is -3.97. The highest BCUT2D eigenvalue weighted by atomic mass is 32.2. The summed E-state index contributed by atoms with van der Waals surface area (Å²) in [5.41, 5.74) is 0.499. The lowest BCUT2D eigenvalue weighted by molar-refractivity contribution is 0.413. The average molecular weight is 458 g/mol. The zero-order valence-corrected chi connectivity index (χ0v) is 18.5. The molecule has 0 spiro atoms. The lowest BCUT2D eigenvalue weighted by Crippen LogP contribution is -2.22. The van der Waals surface area contributed by atoms with Crippen LogP contribution in [0.2, 0.25) is 0 Å². The molecule has 5 rings (SSSR count). The zero-order chi connectivity index (χ0) is 22.9. The van der Waals surface area contributed by atoms with Gasteiger partial charge in [0.1, 0.15) is 16.0 Å². The second-order valence-electron chi connectivity index (χ2n) is 7.45. The van der Waals surface area contributed by atoms with Crippen molar-refractivity contribution in [3.8, 4) is 11.5 Å². The summed E-state index contributed by atoms with van der Waals surface area (Å²) in [7, 11) is 1.55. The molecule has 3 aromatic carbocycles. The summed E-state index contributed by atoms with van der Waals surface area (Å²) in [6, 6.07) is 23.9. The number of aromatic nitrogens is 1. The Kier molecular flexibility index (Phi) is 5.40. The summed E-state index contributed by atoms with van der Waals surface area (Å²) >= 11 is 1.02. The number of hydrogen-bond acceptors (Lipinski definition) is 6. The van der Waals surface area contributed by atoms with Gasteiger partial charge in [0, 0.05) is 10.3 Å². The monoisotopic (exact) mass is 457 g/mol. The van der Waals surface area contributed by atoms with Crippen LogP contribution in [0.4, 0.5) is 0 Å². The third kappa shape index (κ3) is 3.76. The number of para-hydroxylation sites is 1. The normalized spacial score (nSPS) is 11.2. The molecule has 0 radical (unpaired) electrons. The molecule has 0 bridgehead atoms. The van der Waals surface area contributed by atoms with Crippen molar-refractivity contribution in [1.29, 1.82) is 0 Å². The molecule has 0 atom stereocenters. The molecular weight excluding hydrogens is 438 g/mol. The molecule has 1 N–H and O–H groups in total. The number of methoxy groups -OCH3 is 1. The molecule has 0 aliphatic rings. The smallest absolute Gasteiger partial charge is 0.354 e. The molecule has 164 valence electrons. The van der Waals surface area contributed by atoms with E-state index < -0.39 is 11.2 Å². The van der Waals surface area contributed by atoms with Gasteiger partial charge >= 0.3 is 5.63 Å². The largest absolute Gasteiger partial charge is 0.505 e. The van der Waals surface area contributed by atoms with Crippen molar-refractivity contribution in [2.45, 2.75) is 16.3 Å². The van der Waals surface area contributed by atoms with Crippen molar-refractivity contribution in [3.63, 3.8) is 0 Å². The van der Waals surface area contributed by atoms with E-state index in [1.165, 1.54) is 0 Å². The Labute approximate surface area is 192 Å². The molecule has 5 aromatic rings. The first-order chi connectivity index (χ1) is 16.1. The summed E-state index contributed by atoms with van der Waals surface area (Å²) < 4.78 is 12.4. The van der Waals surface area contributed by atoms with Crippen LogP contribution in [-0.2, 0) is 6.54 Å². The molecule has 0 saturated heterocycles. The van der Waals surface area contributed by atoms with Crippen molar-refractivity contribution in [3.05, 3.63) is 105 Å². The lowest BCUT2D eigenvalue weighted by atomic mass is 10.1. The van der Waals surface area contributed by atoms with E-state index in [4.69, 9.17) is 9.15 Å². The van der Waals surface area contributed by atoms with Crippen LogP contribution in [0.5, 0.6) is 11.5 Å². The van der Waals surface area contributed by atoms with Gasteiger partial charge in [-0.15, -0.1) is 0 Å². The minimum atomic E-state index is -0.710. The SMILES string of the molecule is COc1cccc(Sc2c(O)c3c(=O)n(Cc4ccccc4)c4ccccc4c3oc2=O)c1. The topological polar surface area (TPSA) is 81.7 Å². The average Bonchev–Trinajstić information content (AvgIpc) is 2.85. The molecule has 7 heteroatoms. The molecule has 0 unspecified atom stereocenters. The van der Waals surface area contributed by atoms with Crippen LogP contribution in [0.1, 0.15) is 5.56 Å². The number of rotatable bonds is 5. The van der Waals surface area contributed by atoms with Gasteiger partial charge in [-0.25, -0.2) is 4.79 Å². The van der Waals surface area contributed by atoms with Crippen LogP contribution in [0, 0.1) is 0 Å². The van der Waals surface area contributed by atoms with Crippen molar-refractivity contribution in [2.24, 2.45) is 0 Å². The van der Waals surface area contributed by atoms with Gasteiger partial charge in [-0.3, -0.25) is 4.79 Å². The first kappa shape index (κ1) is 20.9. The van der Waals surface area contributed by atoms with Crippen molar-refractivity contribution < 1.29 is 14.3 Å². The van der Waals surface area contributed by atoms with Crippen molar-refractivity contribution >= 4 is 33.6 Å². The second kappa shape index (κ2) is 8.52. The maximum Gasteiger partial charge on any atom is 0.354 e. The summed E-state index contributed by atoms with van der Waals surface area (Å²) in [5, 5.41) is 11.7. The molecule has 0 aliphatic heterocycles. The highest BCUT2D eigenvalue weighted by Crippen LogP contribution is 2.38. The molecule has 0 amide bonds. The number of benzene rings is 3. The standard InChI is InChI=1S/C26H19NO5S/c1-31-17-10-7-11-18(14-17)33-24-22(28)21-23(32-26(24)30)19-12-5-6-13-20(19)27(25(21)29)15-16-8-3-2-4-9-16/h2-14,28H,15H2,1H3. The van der Waals surface area contributed by atoms with Gasteiger partial charge in [-0.1, -0.05) is 60.3 Å². The molecule has 33 heavy (non-hydrogen) atoms. The van der Waals surface area contributed by atoms with Crippen molar-refractivity contribution in [2.75, 3.05) is 7.11 Å². The van der Waals surface area contributed by atoms with E-state index in [0.29, 0.717) is 28.1 Å². The Morgan fingerprint density at radius 1 is 0.970 bits per heavy atom. The van der Waals surface area contributed by atoms with Crippen LogP contribution in [-0.4, -0.2) is 16.8 Å². The highest BCUT2D eigenvalue weighted by Gasteiger charge is 2.22. The fraction of sp³-hybridized carbons (Fsp3) is 0.0769. The summed E-state index contributed by atoms with van der Waals surface area (Å²) in [5.74, 6) is 0.229. The number of nitrogens with zero attached hydrogens (tertiary/aromatic N) is 1. The lowest BCUT2D eigenvalue weighted by Gasteiger charge is -2.14. The summed E-state index contributed by atoms with van der Waals surface area (Å²) in [4.78, 5) is 27.1. The minimum absolute atomic E-state index is 0.0189. The maximum absolute atomic E-state index is 13.6. The van der Waals surface area contributed by atoms with Gasteiger partial charge < -0.3 is 18.8 Å². The van der Waals surface area contributed by atoms with Gasteiger partial charge in [0.15, 0.2) is 11.3 Å². The molecule has 0 fully saturated rings. The summed E-state index contributed by atoms with van der Waals surface area (Å²) in [6.45, 7) is 0.313. The van der Waals surface area contributed by atoms with E-state index >= 15 is 0 Å². The molecule has 6 nitrogen and oxygen atoms in total. The first-order valence-corrected chi connectivity index (χ1v) is 11.1. The van der Waals surface area contributed by atoms with Crippen molar-refractivity contribution in [1.82, 2.24) is 4.57 Å². The van der Waals surface area contributed by atoms with Gasteiger partial charge in [-0.2, -0.15) is 0 Å². The fourth-order valence-electron chi connectivity index (χ4n) is 3.84. The minimum Gasteiger partial charge on any atom is -0.505 e. The van der Waals surface area contributed by atoms with E-state index in [1.807, 2.05) is 36.4 Å².